The first kappa shape index (κ1) is 28.2. The van der Waals surface area contributed by atoms with Crippen LogP contribution in [0.15, 0.2) is 126 Å². The van der Waals surface area contributed by atoms with Crippen LogP contribution in [-0.4, -0.2) is 9.97 Å². The van der Waals surface area contributed by atoms with Gasteiger partial charge in [-0.15, -0.1) is 59.7 Å². The molecule has 0 aliphatic heterocycles. The first-order valence-electron chi connectivity index (χ1n) is 17.9. The Morgan fingerprint density at radius 1 is 0.714 bits per heavy atom. The summed E-state index contributed by atoms with van der Waals surface area (Å²) < 4.78 is 30.6. The van der Waals surface area contributed by atoms with E-state index in [2.05, 4.69) is 77.8 Å². The summed E-state index contributed by atoms with van der Waals surface area (Å²) in [5.74, 6) is 0.675. The van der Waals surface area contributed by atoms with Gasteiger partial charge in [0.1, 0.15) is 11.2 Å². The van der Waals surface area contributed by atoms with Crippen molar-refractivity contribution in [2.75, 3.05) is 0 Å². The minimum atomic E-state index is -2.09. The van der Waals surface area contributed by atoms with Crippen molar-refractivity contribution < 1.29 is 28.6 Å². The number of thiophene rings is 1. The normalized spacial score (nSPS) is 14.4. The van der Waals surface area contributed by atoms with Gasteiger partial charge < -0.3 is 14.4 Å². The van der Waals surface area contributed by atoms with Crippen LogP contribution in [0.25, 0.3) is 75.4 Å². The Morgan fingerprint density at radius 3 is 2.29 bits per heavy atom. The number of aryl methyl sites for hydroxylation is 1. The first-order chi connectivity index (χ1) is 24.9. The van der Waals surface area contributed by atoms with E-state index < -0.39 is 6.85 Å². The third-order valence-corrected chi connectivity index (χ3v) is 10.8. The second-order valence-corrected chi connectivity index (χ2v) is 13.5. The van der Waals surface area contributed by atoms with Gasteiger partial charge >= 0.3 is 0 Å². The Morgan fingerprint density at radius 2 is 1.49 bits per heavy atom. The van der Waals surface area contributed by atoms with E-state index in [1.165, 1.54) is 79.2 Å². The van der Waals surface area contributed by atoms with Crippen LogP contribution in [0.3, 0.4) is 0 Å². The van der Waals surface area contributed by atoms with Crippen LogP contribution in [0, 0.1) is 19.0 Å². The number of rotatable bonds is 3. The van der Waals surface area contributed by atoms with Crippen molar-refractivity contribution in [3.63, 3.8) is 0 Å². The summed E-state index contributed by atoms with van der Waals surface area (Å²) in [5.41, 5.74) is 7.34. The SMILES string of the molecule is [2H]C([2H])([2H])c1ccc(-c2[c-]cccc2)nc1.[Ir].[c-]1ccc2c(sc3c2ccc2c3ccc3c4ccccc4oc32)c1-c1cc(C2CCCC2)ccn1. The molecule has 1 aliphatic carbocycles. The number of pyridine rings is 2. The van der Waals surface area contributed by atoms with Gasteiger partial charge in [0.2, 0.25) is 0 Å². The zero-order valence-electron chi connectivity index (χ0n) is 29.5. The van der Waals surface area contributed by atoms with Crippen LogP contribution in [0.4, 0.5) is 0 Å². The van der Waals surface area contributed by atoms with Crippen LogP contribution in [0.2, 0.25) is 0 Å². The van der Waals surface area contributed by atoms with Gasteiger partial charge in [0, 0.05) is 62.9 Å². The average molecular weight is 832 g/mol. The Balaban J connectivity index is 0.000000193. The molecule has 4 aromatic heterocycles. The Hall–Kier alpha value is -4.67. The van der Waals surface area contributed by atoms with E-state index in [0.29, 0.717) is 5.92 Å². The van der Waals surface area contributed by atoms with Crippen molar-refractivity contribution in [3.8, 4) is 22.5 Å². The average Bonchev–Trinajstić information content (AvgIpc) is 3.93. The minimum absolute atomic E-state index is 0. The largest absolute Gasteiger partial charge is 0.455 e. The predicted octanol–water partition coefficient (Wildman–Crippen LogP) is 12.5. The fourth-order valence-corrected chi connectivity index (χ4v) is 8.51. The molecule has 0 unspecified atom stereocenters. The summed E-state index contributed by atoms with van der Waals surface area (Å²) >= 11 is 1.85. The summed E-state index contributed by atoms with van der Waals surface area (Å²) in [7, 11) is 0. The van der Waals surface area contributed by atoms with E-state index in [1.54, 1.807) is 18.2 Å². The number of fused-ring (bicyclic) bond motifs is 9. The maximum atomic E-state index is 7.23. The van der Waals surface area contributed by atoms with Gasteiger partial charge in [-0.3, -0.25) is 0 Å². The molecule has 0 N–H and O–H groups in total. The van der Waals surface area contributed by atoms with Crippen molar-refractivity contribution in [2.45, 2.75) is 38.5 Å². The van der Waals surface area contributed by atoms with Crippen molar-refractivity contribution >= 4 is 64.2 Å². The Labute approximate surface area is 307 Å². The van der Waals surface area contributed by atoms with E-state index in [9.17, 15) is 0 Å². The number of hydrogen-bond donors (Lipinski definition) is 0. The summed E-state index contributed by atoms with van der Waals surface area (Å²) in [6.45, 7) is -2.09. The van der Waals surface area contributed by atoms with Crippen LogP contribution in [0.1, 0.15) is 46.8 Å². The van der Waals surface area contributed by atoms with E-state index in [4.69, 9.17) is 13.5 Å². The maximum absolute atomic E-state index is 7.23. The van der Waals surface area contributed by atoms with Crippen molar-refractivity contribution in [3.05, 3.63) is 145 Å². The molecule has 1 aliphatic rings. The molecule has 0 spiro atoms. The van der Waals surface area contributed by atoms with Crippen molar-refractivity contribution in [2.24, 2.45) is 0 Å². The third kappa shape index (κ3) is 5.76. The summed E-state index contributed by atoms with van der Waals surface area (Å²) in [6.07, 6.45) is 8.64. The molecular weight excluding hydrogens is 797 g/mol. The number of hydrogen-bond acceptors (Lipinski definition) is 4. The van der Waals surface area contributed by atoms with Gasteiger partial charge in [0.05, 0.1) is 0 Å². The molecule has 1 saturated carbocycles. The molecule has 49 heavy (non-hydrogen) atoms. The predicted molar refractivity (Wildman–Crippen MR) is 201 cm³/mol. The van der Waals surface area contributed by atoms with Gasteiger partial charge in [0.25, 0.3) is 0 Å². The molecule has 0 bridgehead atoms. The molecule has 10 rings (SSSR count). The molecule has 4 heterocycles. The van der Waals surface area contributed by atoms with E-state index in [0.717, 1.165) is 33.7 Å². The fraction of sp³-hybridized carbons (Fsp3) is 0.136. The summed E-state index contributed by atoms with van der Waals surface area (Å²) in [4.78, 5) is 8.91. The molecule has 241 valence electrons. The molecule has 0 atom stereocenters. The van der Waals surface area contributed by atoms with Gasteiger partial charge in [0.15, 0.2) is 0 Å². The molecule has 0 amide bonds. The molecule has 0 saturated heterocycles. The molecule has 5 heteroatoms. The van der Waals surface area contributed by atoms with Crippen LogP contribution < -0.4 is 0 Å². The molecule has 1 fully saturated rings. The Kier molecular flexibility index (Phi) is 7.67. The van der Waals surface area contributed by atoms with Crippen molar-refractivity contribution in [1.29, 1.82) is 0 Å². The van der Waals surface area contributed by atoms with Crippen LogP contribution in [-0.2, 0) is 20.1 Å². The zero-order valence-corrected chi connectivity index (χ0v) is 29.7. The summed E-state index contributed by atoms with van der Waals surface area (Å²) in [6, 6.07) is 43.3. The van der Waals surface area contributed by atoms with Gasteiger partial charge in [-0.25, -0.2) is 0 Å². The van der Waals surface area contributed by atoms with Gasteiger partial charge in [-0.2, -0.15) is 11.3 Å². The van der Waals surface area contributed by atoms with E-state index in [1.807, 2.05) is 47.9 Å². The number of furan rings is 1. The number of para-hydroxylation sites is 1. The summed E-state index contributed by atoms with van der Waals surface area (Å²) in [5, 5.41) is 7.33. The zero-order chi connectivity index (χ0) is 34.5. The minimum Gasteiger partial charge on any atom is -0.455 e. The second-order valence-electron chi connectivity index (χ2n) is 12.4. The monoisotopic (exact) mass is 832 g/mol. The first-order valence-corrected chi connectivity index (χ1v) is 17.2. The van der Waals surface area contributed by atoms with E-state index in [-0.39, 0.29) is 25.7 Å². The smallest absolute Gasteiger partial charge is 0.143 e. The van der Waals surface area contributed by atoms with Gasteiger partial charge in [-0.05, 0) is 76.9 Å². The number of aromatic nitrogens is 2. The topological polar surface area (TPSA) is 38.9 Å². The second kappa shape index (κ2) is 13.3. The molecule has 5 aromatic carbocycles. The fourth-order valence-electron chi connectivity index (χ4n) is 7.18. The molecular formula is C44H32IrN2OS-2. The van der Waals surface area contributed by atoms with E-state index >= 15 is 0 Å². The number of nitrogens with zero attached hydrogens (tertiary/aromatic N) is 2. The third-order valence-electron chi connectivity index (χ3n) is 9.55. The van der Waals surface area contributed by atoms with Gasteiger partial charge in [-0.1, -0.05) is 72.3 Å². The molecule has 9 aromatic rings. The quantitative estimate of drug-likeness (QED) is 0.167. The van der Waals surface area contributed by atoms with Crippen LogP contribution >= 0.6 is 11.3 Å². The Bertz CT molecular complexity index is 2700. The molecule has 3 nitrogen and oxygen atoms in total. The maximum Gasteiger partial charge on any atom is 0.143 e. The number of benzene rings is 5. The standard InChI is InChI=1S/C32H22NOS.C12H10N.Ir/c1-2-7-19(6-1)20-16-17-33-28(18-20)27-10-5-9-24-26-15-13-23-25(31(26)35-32(24)27)14-12-22-21-8-3-4-11-29(21)34-30(22)23;1-10-7-8-12(13-9-10)11-5-3-2-4-6-11;/h3-5,8-9,11-19H,1-2,6-7H2;2-5,7-9H,1H3;/q2*-1;/i;1D3;. The molecule has 1 radical (unpaired) electrons. The van der Waals surface area contributed by atoms with Crippen molar-refractivity contribution in [1.82, 2.24) is 9.97 Å². The van der Waals surface area contributed by atoms with Crippen LogP contribution in [0.5, 0.6) is 0 Å².